The first-order chi connectivity index (χ1) is 11.2. The van der Waals surface area contributed by atoms with Crippen molar-refractivity contribution in [2.24, 2.45) is 0 Å². The maximum Gasteiger partial charge on any atom is 0.270 e. The van der Waals surface area contributed by atoms with E-state index in [4.69, 9.17) is 4.74 Å². The number of nitrogens with zero attached hydrogens (tertiary/aromatic N) is 3. The smallest absolute Gasteiger partial charge is 0.270 e. The molecule has 0 atom stereocenters. The second-order valence-electron chi connectivity index (χ2n) is 5.05. The first-order valence-electron chi connectivity index (χ1n) is 7.06. The molecular formula is C17H15N3O3. The fourth-order valence-electron chi connectivity index (χ4n) is 2.45. The summed E-state index contributed by atoms with van der Waals surface area (Å²) in [5.74, 6) is 0.676. The van der Waals surface area contributed by atoms with Gasteiger partial charge in [0, 0.05) is 30.1 Å². The van der Waals surface area contributed by atoms with Gasteiger partial charge < -0.3 is 4.74 Å². The molecule has 0 bridgehead atoms. The molecule has 2 aromatic carbocycles. The topological polar surface area (TPSA) is 70.2 Å². The molecule has 1 heterocycles. The summed E-state index contributed by atoms with van der Waals surface area (Å²) in [4.78, 5) is 10.6. The number of ether oxygens (including phenoxy) is 1. The summed E-state index contributed by atoms with van der Waals surface area (Å²) in [7, 11) is 1.59. The molecule has 0 spiro atoms. The van der Waals surface area contributed by atoms with Gasteiger partial charge in [-0.15, -0.1) is 0 Å². The van der Waals surface area contributed by atoms with Crippen molar-refractivity contribution >= 4 is 5.69 Å². The summed E-state index contributed by atoms with van der Waals surface area (Å²) < 4.78 is 7.22. The second-order valence-corrected chi connectivity index (χ2v) is 5.05. The molecule has 0 aliphatic heterocycles. The van der Waals surface area contributed by atoms with Gasteiger partial charge in [0.05, 0.1) is 18.6 Å². The van der Waals surface area contributed by atoms with Crippen molar-refractivity contribution in [1.82, 2.24) is 9.78 Å². The lowest BCUT2D eigenvalue weighted by Crippen LogP contribution is -2.00. The average Bonchev–Trinajstić information content (AvgIpc) is 3.08. The van der Waals surface area contributed by atoms with Gasteiger partial charge in [0.2, 0.25) is 0 Å². The van der Waals surface area contributed by atoms with Gasteiger partial charge in [0.25, 0.3) is 5.69 Å². The van der Waals surface area contributed by atoms with Crippen molar-refractivity contribution in [2.45, 2.75) is 6.54 Å². The number of hydrogen-bond donors (Lipinski definition) is 0. The molecule has 1 aromatic heterocycles. The maximum atomic E-state index is 11.0. The number of rotatable bonds is 5. The summed E-state index contributed by atoms with van der Waals surface area (Å²) in [5.41, 5.74) is 2.66. The van der Waals surface area contributed by atoms with Crippen molar-refractivity contribution in [1.29, 1.82) is 0 Å². The summed E-state index contributed by atoms with van der Waals surface area (Å²) >= 11 is 0. The first kappa shape index (κ1) is 14.8. The van der Waals surface area contributed by atoms with Gasteiger partial charge in [-0.05, 0) is 29.3 Å². The van der Waals surface area contributed by atoms with Crippen LogP contribution in [0.15, 0.2) is 60.9 Å². The van der Waals surface area contributed by atoms with Gasteiger partial charge in [-0.3, -0.25) is 14.8 Å². The molecule has 0 aliphatic carbocycles. The Balaban J connectivity index is 2.02. The van der Waals surface area contributed by atoms with Crippen molar-refractivity contribution in [2.75, 3.05) is 7.11 Å². The highest BCUT2D eigenvalue weighted by Crippen LogP contribution is 2.32. The Morgan fingerprint density at radius 2 is 2.09 bits per heavy atom. The van der Waals surface area contributed by atoms with Crippen LogP contribution in [0.2, 0.25) is 0 Å². The van der Waals surface area contributed by atoms with Gasteiger partial charge in [-0.25, -0.2) is 0 Å². The molecule has 0 unspecified atom stereocenters. The summed E-state index contributed by atoms with van der Waals surface area (Å²) in [5, 5.41) is 15.2. The number of nitro groups is 1. The Hall–Kier alpha value is -3.15. The fourth-order valence-corrected chi connectivity index (χ4v) is 2.45. The van der Waals surface area contributed by atoms with Gasteiger partial charge in [-0.1, -0.05) is 18.2 Å². The molecule has 3 rings (SSSR count). The molecule has 0 aliphatic rings. The Labute approximate surface area is 133 Å². The van der Waals surface area contributed by atoms with Gasteiger partial charge in [0.15, 0.2) is 0 Å². The average molecular weight is 309 g/mol. The zero-order chi connectivity index (χ0) is 16.2. The normalized spacial score (nSPS) is 10.5. The zero-order valence-corrected chi connectivity index (χ0v) is 12.5. The lowest BCUT2D eigenvalue weighted by molar-refractivity contribution is -0.384. The Morgan fingerprint density at radius 1 is 1.22 bits per heavy atom. The quantitative estimate of drug-likeness (QED) is 0.534. The number of aromatic nitrogens is 2. The minimum Gasteiger partial charge on any atom is -0.496 e. The van der Waals surface area contributed by atoms with Crippen LogP contribution in [0.1, 0.15) is 5.56 Å². The second kappa shape index (κ2) is 6.31. The Kier molecular flexibility index (Phi) is 4.05. The molecule has 0 saturated carbocycles. The van der Waals surface area contributed by atoms with Crippen LogP contribution in [-0.4, -0.2) is 21.8 Å². The van der Waals surface area contributed by atoms with E-state index in [2.05, 4.69) is 5.10 Å². The predicted molar refractivity (Wildman–Crippen MR) is 86.4 cm³/mol. The number of hydrogen-bond acceptors (Lipinski definition) is 4. The molecule has 6 nitrogen and oxygen atoms in total. The molecule has 6 heteroatoms. The fraction of sp³-hybridized carbons (Fsp3) is 0.118. The van der Waals surface area contributed by atoms with Crippen molar-refractivity contribution in [3.8, 4) is 16.9 Å². The molecule has 0 fully saturated rings. The third kappa shape index (κ3) is 3.21. The van der Waals surface area contributed by atoms with E-state index in [0.717, 1.165) is 16.7 Å². The van der Waals surface area contributed by atoms with Crippen molar-refractivity contribution in [3.63, 3.8) is 0 Å². The van der Waals surface area contributed by atoms with Gasteiger partial charge in [0.1, 0.15) is 5.75 Å². The van der Waals surface area contributed by atoms with E-state index in [1.807, 2.05) is 41.2 Å². The lowest BCUT2D eigenvalue weighted by Gasteiger charge is -2.11. The van der Waals surface area contributed by atoms with E-state index < -0.39 is 4.92 Å². The van der Waals surface area contributed by atoms with E-state index in [-0.39, 0.29) is 5.69 Å². The van der Waals surface area contributed by atoms with Crippen molar-refractivity contribution < 1.29 is 9.66 Å². The molecule has 0 radical (unpaired) electrons. The van der Waals surface area contributed by atoms with Crippen LogP contribution in [0.25, 0.3) is 11.1 Å². The van der Waals surface area contributed by atoms with E-state index in [1.54, 1.807) is 25.4 Å². The third-order valence-corrected chi connectivity index (χ3v) is 3.54. The van der Waals surface area contributed by atoms with Crippen LogP contribution in [-0.2, 0) is 6.54 Å². The number of methoxy groups -OCH3 is 1. The molecule has 116 valence electrons. The van der Waals surface area contributed by atoms with Gasteiger partial charge in [-0.2, -0.15) is 5.10 Å². The molecule has 3 aromatic rings. The first-order valence-corrected chi connectivity index (χ1v) is 7.06. The van der Waals surface area contributed by atoms with Gasteiger partial charge >= 0.3 is 0 Å². The van der Waals surface area contributed by atoms with Crippen LogP contribution in [0, 0.1) is 10.1 Å². The third-order valence-electron chi connectivity index (χ3n) is 3.54. The SMILES string of the molecule is COc1ccc(Cn2cccn2)cc1-c1cccc([N+](=O)[O-])c1. The van der Waals surface area contributed by atoms with Crippen LogP contribution >= 0.6 is 0 Å². The largest absolute Gasteiger partial charge is 0.496 e. The number of benzene rings is 2. The van der Waals surface area contributed by atoms with Crippen LogP contribution in [0.4, 0.5) is 5.69 Å². The minimum absolute atomic E-state index is 0.0574. The summed E-state index contributed by atoms with van der Waals surface area (Å²) in [6.45, 7) is 0.624. The van der Waals surface area contributed by atoms with Crippen LogP contribution in [0.3, 0.4) is 0 Å². The number of nitro benzene ring substituents is 1. The lowest BCUT2D eigenvalue weighted by atomic mass is 10.0. The standard InChI is InChI=1S/C17H15N3O3/c1-23-17-7-6-13(12-19-9-3-8-18-19)10-16(17)14-4-2-5-15(11-14)20(21)22/h2-11H,12H2,1H3. The predicted octanol–water partition coefficient (Wildman–Crippen LogP) is 3.52. The molecule has 23 heavy (non-hydrogen) atoms. The van der Waals surface area contributed by atoms with E-state index in [0.29, 0.717) is 12.3 Å². The highest BCUT2D eigenvalue weighted by molar-refractivity contribution is 5.73. The number of non-ortho nitro benzene ring substituents is 1. The molecule has 0 N–H and O–H groups in total. The minimum atomic E-state index is -0.399. The van der Waals surface area contributed by atoms with Crippen LogP contribution in [0.5, 0.6) is 5.75 Å². The van der Waals surface area contributed by atoms with E-state index in [9.17, 15) is 10.1 Å². The summed E-state index contributed by atoms with van der Waals surface area (Å²) in [6.07, 6.45) is 3.61. The zero-order valence-electron chi connectivity index (χ0n) is 12.5. The van der Waals surface area contributed by atoms with E-state index in [1.165, 1.54) is 6.07 Å². The maximum absolute atomic E-state index is 11.0. The Morgan fingerprint density at radius 3 is 2.78 bits per heavy atom. The van der Waals surface area contributed by atoms with E-state index >= 15 is 0 Å². The molecule has 0 saturated heterocycles. The highest BCUT2D eigenvalue weighted by Gasteiger charge is 2.12. The molecular weight excluding hydrogens is 294 g/mol. The summed E-state index contributed by atoms with van der Waals surface area (Å²) in [6, 6.07) is 14.2. The monoisotopic (exact) mass is 309 g/mol. The van der Waals surface area contributed by atoms with Crippen LogP contribution < -0.4 is 4.74 Å². The molecule has 0 amide bonds. The van der Waals surface area contributed by atoms with Crippen molar-refractivity contribution in [3.05, 3.63) is 76.6 Å². The highest BCUT2D eigenvalue weighted by atomic mass is 16.6. The Bertz CT molecular complexity index is 829.